The number of hydrogen-bond donors (Lipinski definition) is 1. The molecular formula is C39H61NO8S2. The monoisotopic (exact) mass is 735 g/mol. The molecule has 0 aromatic heterocycles. The second-order valence-electron chi connectivity index (χ2n) is 14.9. The van der Waals surface area contributed by atoms with Crippen LogP contribution >= 0.6 is 21.6 Å². The standard InChI is InChI=1S/C39H61NO8S2/c1-5-27(3)38(43)48-34-23-26(2)22-29-15-14-28(4)33(37(29)34)17-16-30-24-31(25-36(42)46-30)47-39(44)45-20-11-7-6-10-19-40-35(41)13-9-8-12-32-18-21-49-50-32/h14-15,22,26-28,30-34,37H,5-13,16-21,23-25H2,1-4H3,(H,40,41)/t26-,27?,28?,30?,31?,32?,33+,34?,37-/m1/s1. The largest absolute Gasteiger partial charge is 0.508 e. The number of cyclic esters (lactones) is 1. The summed E-state index contributed by atoms with van der Waals surface area (Å²) >= 11 is 0. The zero-order valence-corrected chi connectivity index (χ0v) is 32.4. The summed E-state index contributed by atoms with van der Waals surface area (Å²) in [6, 6.07) is 0. The first kappa shape index (κ1) is 40.6. The third-order valence-corrected chi connectivity index (χ3v) is 13.7. The third kappa shape index (κ3) is 13.4. The van der Waals surface area contributed by atoms with Gasteiger partial charge in [-0.1, -0.05) is 80.4 Å². The van der Waals surface area contributed by atoms with Crippen LogP contribution in [-0.2, 0) is 33.3 Å². The Kier molecular flexibility index (Phi) is 17.4. The molecule has 2 aliphatic heterocycles. The SMILES string of the molecule is CCC(C)C(=O)OC1C[C@H](C)C=C2C=CC(C)[C@H](CCC3CC(OC(=O)OCCCCCCNC(=O)CCCCC4CCSS4)CC(=O)O3)[C@@H]21. The van der Waals surface area contributed by atoms with Crippen molar-refractivity contribution in [3.63, 3.8) is 0 Å². The van der Waals surface area contributed by atoms with Crippen LogP contribution in [0, 0.1) is 29.6 Å². The molecule has 0 saturated carbocycles. The van der Waals surface area contributed by atoms with Crippen LogP contribution < -0.4 is 5.32 Å². The number of rotatable bonds is 19. The summed E-state index contributed by atoms with van der Waals surface area (Å²) in [6.07, 6.45) is 17.0. The number of amides is 1. The van der Waals surface area contributed by atoms with Gasteiger partial charge in [0.2, 0.25) is 5.91 Å². The van der Waals surface area contributed by atoms with Gasteiger partial charge in [0, 0.05) is 36.3 Å². The fourth-order valence-electron chi connectivity index (χ4n) is 7.59. The molecule has 1 amide bonds. The topological polar surface area (TPSA) is 117 Å². The predicted molar refractivity (Wildman–Crippen MR) is 199 cm³/mol. The van der Waals surface area contributed by atoms with Crippen LogP contribution in [0.5, 0.6) is 0 Å². The van der Waals surface area contributed by atoms with Gasteiger partial charge >= 0.3 is 18.1 Å². The van der Waals surface area contributed by atoms with Gasteiger partial charge in [0.25, 0.3) is 0 Å². The maximum atomic E-state index is 12.8. The summed E-state index contributed by atoms with van der Waals surface area (Å²) in [5.74, 6) is 1.73. The van der Waals surface area contributed by atoms with E-state index < -0.39 is 12.3 Å². The van der Waals surface area contributed by atoms with E-state index in [1.807, 2.05) is 35.4 Å². The average molecular weight is 736 g/mol. The fourth-order valence-corrected chi connectivity index (χ4v) is 10.6. The van der Waals surface area contributed by atoms with E-state index >= 15 is 0 Å². The molecule has 4 aliphatic rings. The van der Waals surface area contributed by atoms with Crippen molar-refractivity contribution in [2.45, 2.75) is 148 Å². The van der Waals surface area contributed by atoms with Crippen molar-refractivity contribution in [1.82, 2.24) is 5.32 Å². The molecule has 0 bridgehead atoms. The van der Waals surface area contributed by atoms with Gasteiger partial charge < -0.3 is 24.3 Å². The van der Waals surface area contributed by atoms with Gasteiger partial charge in [0.15, 0.2) is 0 Å². The van der Waals surface area contributed by atoms with Crippen LogP contribution in [-0.4, -0.2) is 66.5 Å². The first-order valence-electron chi connectivity index (χ1n) is 19.3. The summed E-state index contributed by atoms with van der Waals surface area (Å²) in [6.45, 7) is 9.23. The maximum absolute atomic E-state index is 12.8. The molecular weight excluding hydrogens is 675 g/mol. The van der Waals surface area contributed by atoms with E-state index in [0.717, 1.165) is 56.6 Å². The molecule has 0 spiro atoms. The Bertz CT molecular complexity index is 1170. The van der Waals surface area contributed by atoms with Crippen molar-refractivity contribution in [1.29, 1.82) is 0 Å². The number of nitrogens with one attached hydrogen (secondary N) is 1. The van der Waals surface area contributed by atoms with E-state index in [2.05, 4.69) is 37.4 Å². The lowest BCUT2D eigenvalue weighted by atomic mass is 9.65. The van der Waals surface area contributed by atoms with Crippen molar-refractivity contribution in [2.24, 2.45) is 29.6 Å². The van der Waals surface area contributed by atoms with Crippen molar-refractivity contribution >= 4 is 45.6 Å². The van der Waals surface area contributed by atoms with Crippen molar-refractivity contribution in [3.05, 3.63) is 23.8 Å². The predicted octanol–water partition coefficient (Wildman–Crippen LogP) is 8.75. The van der Waals surface area contributed by atoms with Gasteiger partial charge in [-0.05, 0) is 87.5 Å². The Labute approximate surface area is 308 Å². The van der Waals surface area contributed by atoms with Gasteiger partial charge in [-0.15, -0.1) is 0 Å². The summed E-state index contributed by atoms with van der Waals surface area (Å²) in [7, 11) is 3.96. The molecule has 2 fully saturated rings. The summed E-state index contributed by atoms with van der Waals surface area (Å²) in [5.41, 5.74) is 1.24. The Morgan fingerprint density at radius 3 is 2.62 bits per heavy atom. The molecule has 11 heteroatoms. The molecule has 0 radical (unpaired) electrons. The molecule has 9 atom stereocenters. The van der Waals surface area contributed by atoms with E-state index in [9.17, 15) is 19.2 Å². The molecule has 2 saturated heterocycles. The van der Waals surface area contributed by atoms with Crippen LogP contribution in [0.3, 0.4) is 0 Å². The molecule has 1 N–H and O–H groups in total. The Morgan fingerprint density at radius 1 is 1.02 bits per heavy atom. The van der Waals surface area contributed by atoms with Crippen LogP contribution in [0.25, 0.3) is 0 Å². The second-order valence-corrected chi connectivity index (χ2v) is 17.7. The van der Waals surface area contributed by atoms with Gasteiger partial charge in [-0.3, -0.25) is 14.4 Å². The van der Waals surface area contributed by atoms with Crippen molar-refractivity contribution < 1.29 is 38.1 Å². The third-order valence-electron chi connectivity index (χ3n) is 10.7. The Balaban J connectivity index is 1.10. The molecule has 50 heavy (non-hydrogen) atoms. The zero-order valence-electron chi connectivity index (χ0n) is 30.7. The van der Waals surface area contributed by atoms with E-state index in [0.29, 0.717) is 38.1 Å². The summed E-state index contributed by atoms with van der Waals surface area (Å²) < 4.78 is 22.7. The van der Waals surface area contributed by atoms with Gasteiger partial charge in [-0.2, -0.15) is 0 Å². The fraction of sp³-hybridized carbons (Fsp3) is 0.795. The van der Waals surface area contributed by atoms with Gasteiger partial charge in [0.1, 0.15) is 18.3 Å². The highest BCUT2D eigenvalue weighted by molar-refractivity contribution is 8.77. The number of carbonyl (C=O) groups excluding carboxylic acids is 4. The van der Waals surface area contributed by atoms with E-state index in [4.69, 9.17) is 18.9 Å². The lowest BCUT2D eigenvalue weighted by Gasteiger charge is -2.43. The molecule has 6 unspecified atom stereocenters. The summed E-state index contributed by atoms with van der Waals surface area (Å²) in [4.78, 5) is 49.8. The molecule has 282 valence electrons. The normalized spacial score (nSPS) is 29.7. The number of unbranched alkanes of at least 4 members (excludes halogenated alkanes) is 4. The molecule has 4 rings (SSSR count). The number of hydrogen-bond acceptors (Lipinski definition) is 10. The van der Waals surface area contributed by atoms with Crippen LogP contribution in [0.15, 0.2) is 23.8 Å². The first-order valence-corrected chi connectivity index (χ1v) is 21.7. The van der Waals surface area contributed by atoms with E-state index in [-0.39, 0.29) is 66.8 Å². The number of fused-ring (bicyclic) bond motifs is 1. The minimum absolute atomic E-state index is 0.0275. The number of ether oxygens (including phenoxy) is 4. The summed E-state index contributed by atoms with van der Waals surface area (Å²) in [5, 5.41) is 3.79. The lowest BCUT2D eigenvalue weighted by molar-refractivity contribution is -0.163. The van der Waals surface area contributed by atoms with E-state index in [1.54, 1.807) is 0 Å². The van der Waals surface area contributed by atoms with Crippen molar-refractivity contribution in [3.8, 4) is 0 Å². The molecule has 9 nitrogen and oxygen atoms in total. The van der Waals surface area contributed by atoms with Crippen LogP contribution in [0.4, 0.5) is 4.79 Å². The number of allylic oxidation sites excluding steroid dienone is 3. The first-order chi connectivity index (χ1) is 24.1. The van der Waals surface area contributed by atoms with Crippen LogP contribution in [0.2, 0.25) is 0 Å². The highest BCUT2D eigenvalue weighted by atomic mass is 33.1. The second kappa shape index (κ2) is 21.4. The highest BCUT2D eigenvalue weighted by Gasteiger charge is 2.42. The number of carbonyl (C=O) groups is 4. The minimum atomic E-state index is -0.746. The Hall–Kier alpha value is -2.14. The van der Waals surface area contributed by atoms with Crippen LogP contribution in [0.1, 0.15) is 124 Å². The van der Waals surface area contributed by atoms with Gasteiger partial charge in [-0.25, -0.2) is 4.79 Å². The van der Waals surface area contributed by atoms with Crippen molar-refractivity contribution in [2.75, 3.05) is 18.9 Å². The molecule has 2 heterocycles. The maximum Gasteiger partial charge on any atom is 0.508 e. The molecule has 2 aliphatic carbocycles. The zero-order chi connectivity index (χ0) is 35.9. The van der Waals surface area contributed by atoms with Gasteiger partial charge in [0.05, 0.1) is 18.9 Å². The minimum Gasteiger partial charge on any atom is -0.462 e. The quantitative estimate of drug-likeness (QED) is 0.0597. The molecule has 0 aromatic rings. The number of esters is 2. The molecule has 0 aromatic carbocycles. The van der Waals surface area contributed by atoms with E-state index in [1.165, 1.54) is 24.2 Å². The Morgan fingerprint density at radius 2 is 1.84 bits per heavy atom. The average Bonchev–Trinajstić information content (AvgIpc) is 3.60. The smallest absolute Gasteiger partial charge is 0.462 e. The lowest BCUT2D eigenvalue weighted by Crippen LogP contribution is -2.42. The highest BCUT2D eigenvalue weighted by Crippen LogP contribution is 2.45.